The summed E-state index contributed by atoms with van der Waals surface area (Å²) in [5, 5.41) is 2.78. The third kappa shape index (κ3) is 6.63. The maximum atomic E-state index is 12.8. The number of benzene rings is 1. The lowest BCUT2D eigenvalue weighted by atomic mass is 10.1. The van der Waals surface area contributed by atoms with Gasteiger partial charge in [-0.3, -0.25) is 4.79 Å². The van der Waals surface area contributed by atoms with Crippen molar-refractivity contribution in [3.63, 3.8) is 0 Å². The zero-order valence-electron chi connectivity index (χ0n) is 18.6. The number of hydrogen-bond donors (Lipinski definition) is 3. The van der Waals surface area contributed by atoms with E-state index in [1.165, 1.54) is 4.57 Å². The van der Waals surface area contributed by atoms with Gasteiger partial charge in [0.15, 0.2) is 0 Å². The summed E-state index contributed by atoms with van der Waals surface area (Å²) in [6.45, 7) is 10.0. The van der Waals surface area contributed by atoms with Crippen LogP contribution in [0.1, 0.15) is 38.8 Å². The first-order valence-electron chi connectivity index (χ1n) is 9.83. The number of nitrogens with one attached hydrogen (secondary N) is 3. The Morgan fingerprint density at radius 2 is 1.39 bits per heavy atom. The molecule has 0 aliphatic rings. The van der Waals surface area contributed by atoms with Gasteiger partial charge in [0.25, 0.3) is 0 Å². The summed E-state index contributed by atoms with van der Waals surface area (Å²) in [6, 6.07) is 4.76. The summed E-state index contributed by atoms with van der Waals surface area (Å²) >= 11 is 0. The van der Waals surface area contributed by atoms with Crippen molar-refractivity contribution in [2.75, 3.05) is 5.32 Å². The molecule has 0 unspecified atom stereocenters. The number of aryl methyl sites for hydroxylation is 2. The standard InChI is InChI=1S/C20H30N4O5S2/c1-13(2)22-30(26,27)18-10-24(11-19(18)31(28,29)23-14(3)4)12-20(25)21-17-9-15(5)7-8-16(17)6/h7-11,13-14,22-23H,12H2,1-6H3,(H,21,25). The van der Waals surface area contributed by atoms with Crippen LogP contribution in [0.3, 0.4) is 0 Å². The van der Waals surface area contributed by atoms with Crippen LogP contribution in [0, 0.1) is 13.8 Å². The summed E-state index contributed by atoms with van der Waals surface area (Å²) in [7, 11) is -8.23. The number of carbonyl (C=O) groups excluding carboxylic acids is 1. The van der Waals surface area contributed by atoms with Crippen LogP contribution in [0.25, 0.3) is 0 Å². The Bertz CT molecular complexity index is 1110. The zero-order chi connectivity index (χ0) is 23.6. The molecule has 0 aliphatic heterocycles. The second-order valence-electron chi connectivity index (χ2n) is 8.08. The molecule has 1 aromatic carbocycles. The fraction of sp³-hybridized carbons (Fsp3) is 0.450. The molecule has 0 spiro atoms. The van der Waals surface area contributed by atoms with E-state index in [1.54, 1.807) is 27.7 Å². The van der Waals surface area contributed by atoms with E-state index in [0.29, 0.717) is 5.69 Å². The Kier molecular flexibility index (Phi) is 7.69. The van der Waals surface area contributed by atoms with Gasteiger partial charge in [0.1, 0.15) is 16.3 Å². The normalized spacial score (nSPS) is 12.5. The molecule has 0 fully saturated rings. The minimum absolute atomic E-state index is 0.255. The van der Waals surface area contributed by atoms with Crippen molar-refractivity contribution in [2.45, 2.75) is 70.0 Å². The Balaban J connectivity index is 2.41. The average Bonchev–Trinajstić information content (AvgIpc) is 3.01. The zero-order valence-corrected chi connectivity index (χ0v) is 20.2. The van der Waals surface area contributed by atoms with Gasteiger partial charge in [0.2, 0.25) is 26.0 Å². The number of aromatic nitrogens is 1. The molecule has 0 radical (unpaired) electrons. The van der Waals surface area contributed by atoms with Gasteiger partial charge in [-0.1, -0.05) is 12.1 Å². The number of carbonyl (C=O) groups is 1. The molecule has 1 amide bonds. The SMILES string of the molecule is Cc1ccc(C)c(NC(=O)Cn2cc(S(=O)(=O)NC(C)C)c(S(=O)(=O)NC(C)C)c2)c1. The van der Waals surface area contributed by atoms with E-state index in [0.717, 1.165) is 23.5 Å². The third-order valence-electron chi connectivity index (χ3n) is 4.16. The molecule has 0 bridgehead atoms. The van der Waals surface area contributed by atoms with E-state index >= 15 is 0 Å². The van der Waals surface area contributed by atoms with Crippen LogP contribution in [0.2, 0.25) is 0 Å². The number of amides is 1. The first-order valence-corrected chi connectivity index (χ1v) is 12.8. The van der Waals surface area contributed by atoms with Gasteiger partial charge in [0.05, 0.1) is 0 Å². The molecule has 0 saturated carbocycles. The first kappa shape index (κ1) is 25.1. The average molecular weight is 471 g/mol. The lowest BCUT2D eigenvalue weighted by molar-refractivity contribution is -0.116. The lowest BCUT2D eigenvalue weighted by Gasteiger charge is -2.12. The van der Waals surface area contributed by atoms with Crippen LogP contribution < -0.4 is 14.8 Å². The van der Waals surface area contributed by atoms with Crippen molar-refractivity contribution >= 4 is 31.6 Å². The van der Waals surface area contributed by atoms with Crippen LogP contribution in [0.5, 0.6) is 0 Å². The Hall–Kier alpha value is -2.21. The van der Waals surface area contributed by atoms with Crippen LogP contribution in [-0.4, -0.2) is 39.4 Å². The topological polar surface area (TPSA) is 126 Å². The molecular formula is C20H30N4O5S2. The molecule has 31 heavy (non-hydrogen) atoms. The molecule has 0 aliphatic carbocycles. The molecule has 2 rings (SSSR count). The predicted octanol–water partition coefficient (Wildman–Crippen LogP) is 2.12. The van der Waals surface area contributed by atoms with Gasteiger partial charge in [-0.05, 0) is 58.7 Å². The van der Waals surface area contributed by atoms with E-state index in [4.69, 9.17) is 0 Å². The minimum atomic E-state index is -4.12. The van der Waals surface area contributed by atoms with Crippen LogP contribution in [-0.2, 0) is 31.4 Å². The van der Waals surface area contributed by atoms with Crippen molar-refractivity contribution < 1.29 is 21.6 Å². The van der Waals surface area contributed by atoms with Crippen molar-refractivity contribution in [1.29, 1.82) is 0 Å². The molecule has 0 atom stereocenters. The van der Waals surface area contributed by atoms with Crippen LogP contribution >= 0.6 is 0 Å². The van der Waals surface area contributed by atoms with Gasteiger partial charge >= 0.3 is 0 Å². The van der Waals surface area contributed by atoms with Crippen molar-refractivity contribution in [3.05, 3.63) is 41.7 Å². The van der Waals surface area contributed by atoms with E-state index in [1.807, 2.05) is 32.0 Å². The lowest BCUT2D eigenvalue weighted by Crippen LogP contribution is -2.34. The van der Waals surface area contributed by atoms with Crippen LogP contribution in [0.15, 0.2) is 40.4 Å². The molecule has 9 nitrogen and oxygen atoms in total. The predicted molar refractivity (Wildman–Crippen MR) is 120 cm³/mol. The van der Waals surface area contributed by atoms with Crippen molar-refractivity contribution in [1.82, 2.24) is 14.0 Å². The second kappa shape index (κ2) is 9.51. The molecule has 172 valence electrons. The van der Waals surface area contributed by atoms with Gasteiger partial charge in [-0.25, -0.2) is 26.3 Å². The van der Waals surface area contributed by atoms with Crippen molar-refractivity contribution in [2.24, 2.45) is 0 Å². The molecular weight excluding hydrogens is 440 g/mol. The summed E-state index contributed by atoms with van der Waals surface area (Å²) in [5.74, 6) is -0.412. The highest BCUT2D eigenvalue weighted by Crippen LogP contribution is 2.23. The highest BCUT2D eigenvalue weighted by Gasteiger charge is 2.30. The molecule has 11 heteroatoms. The summed E-state index contributed by atoms with van der Waals surface area (Å²) in [5.41, 5.74) is 2.49. The molecule has 3 N–H and O–H groups in total. The first-order chi connectivity index (χ1) is 14.2. The smallest absolute Gasteiger partial charge is 0.244 e. The molecule has 2 aromatic rings. The van der Waals surface area contributed by atoms with Gasteiger partial charge in [0, 0.05) is 30.2 Å². The molecule has 1 aromatic heterocycles. The van der Waals surface area contributed by atoms with Gasteiger partial charge in [-0.2, -0.15) is 0 Å². The summed E-state index contributed by atoms with van der Waals surface area (Å²) < 4.78 is 57.0. The van der Waals surface area contributed by atoms with E-state index < -0.39 is 47.8 Å². The number of nitrogens with zero attached hydrogens (tertiary/aromatic N) is 1. The molecule has 1 heterocycles. The van der Waals surface area contributed by atoms with Crippen molar-refractivity contribution in [3.8, 4) is 0 Å². The maximum absolute atomic E-state index is 12.8. The summed E-state index contributed by atoms with van der Waals surface area (Å²) in [4.78, 5) is 11.7. The maximum Gasteiger partial charge on any atom is 0.244 e. The second-order valence-corrected chi connectivity index (χ2v) is 11.4. The fourth-order valence-electron chi connectivity index (χ4n) is 2.93. The van der Waals surface area contributed by atoms with E-state index in [9.17, 15) is 21.6 Å². The fourth-order valence-corrected chi connectivity index (χ4v) is 6.27. The van der Waals surface area contributed by atoms with E-state index in [-0.39, 0.29) is 6.54 Å². The largest absolute Gasteiger partial charge is 0.342 e. The van der Waals surface area contributed by atoms with Crippen LogP contribution in [0.4, 0.5) is 5.69 Å². The highest BCUT2D eigenvalue weighted by molar-refractivity contribution is 7.92. The number of anilines is 1. The van der Waals surface area contributed by atoms with Gasteiger partial charge < -0.3 is 9.88 Å². The van der Waals surface area contributed by atoms with E-state index in [2.05, 4.69) is 14.8 Å². The number of sulfonamides is 2. The third-order valence-corrected chi connectivity index (χ3v) is 7.66. The highest BCUT2D eigenvalue weighted by atomic mass is 32.2. The Morgan fingerprint density at radius 1 is 0.903 bits per heavy atom. The number of rotatable bonds is 9. The quantitative estimate of drug-likeness (QED) is 0.517. The summed E-state index contributed by atoms with van der Waals surface area (Å²) in [6.07, 6.45) is 2.31. The van der Waals surface area contributed by atoms with Gasteiger partial charge in [-0.15, -0.1) is 0 Å². The monoisotopic (exact) mass is 470 g/mol. The Morgan fingerprint density at radius 3 is 1.84 bits per heavy atom. The Labute approximate surface area is 184 Å². The number of hydrogen-bond acceptors (Lipinski definition) is 5. The minimum Gasteiger partial charge on any atom is -0.342 e. The molecule has 0 saturated heterocycles.